The van der Waals surface area contributed by atoms with Crippen LogP contribution in [0.25, 0.3) is 17.1 Å². The Balaban J connectivity index is 1.71. The van der Waals surface area contributed by atoms with E-state index in [4.69, 9.17) is 4.74 Å². The molecule has 5 heteroatoms. The van der Waals surface area contributed by atoms with Crippen molar-refractivity contribution in [3.8, 4) is 0 Å². The van der Waals surface area contributed by atoms with Gasteiger partial charge in [0.15, 0.2) is 11.9 Å². The molecule has 5 nitrogen and oxygen atoms in total. The van der Waals surface area contributed by atoms with E-state index >= 15 is 0 Å². The minimum absolute atomic E-state index is 0.407. The van der Waals surface area contributed by atoms with Crippen LogP contribution in [0.4, 0.5) is 0 Å². The van der Waals surface area contributed by atoms with Gasteiger partial charge in [0.25, 0.3) is 0 Å². The van der Waals surface area contributed by atoms with Crippen molar-refractivity contribution in [2.45, 2.75) is 20.0 Å². The minimum atomic E-state index is -0.435. The largest absolute Gasteiger partial charge is 0.451 e. The molecule has 2 aromatic heterocycles. The van der Waals surface area contributed by atoms with Crippen molar-refractivity contribution >= 4 is 23.1 Å². The molecule has 0 bridgehead atoms. The van der Waals surface area contributed by atoms with Gasteiger partial charge in [-0.3, -0.25) is 4.98 Å². The van der Waals surface area contributed by atoms with Gasteiger partial charge in [0.2, 0.25) is 0 Å². The molecule has 1 unspecified atom stereocenters. The van der Waals surface area contributed by atoms with Gasteiger partial charge in [-0.2, -0.15) is 0 Å². The van der Waals surface area contributed by atoms with Gasteiger partial charge in [-0.05, 0) is 43.7 Å². The number of ether oxygens (including phenoxy) is 1. The van der Waals surface area contributed by atoms with Crippen LogP contribution < -0.4 is 0 Å². The molecule has 122 valence electrons. The third kappa shape index (κ3) is 3.35. The molecule has 0 spiro atoms. The lowest BCUT2D eigenvalue weighted by atomic mass is 10.2. The monoisotopic (exact) mass is 321 g/mol. The van der Waals surface area contributed by atoms with Gasteiger partial charge in [0.1, 0.15) is 0 Å². The fraction of sp³-hybridized carbons (Fsp3) is 0.211. The van der Waals surface area contributed by atoms with E-state index in [2.05, 4.69) is 9.97 Å². The smallest absolute Gasteiger partial charge is 0.331 e. The average Bonchev–Trinajstić information content (AvgIpc) is 2.92. The molecule has 0 saturated heterocycles. The van der Waals surface area contributed by atoms with E-state index < -0.39 is 12.1 Å². The number of hydrogen-bond donors (Lipinski definition) is 0. The molecule has 2 heterocycles. The van der Waals surface area contributed by atoms with Crippen LogP contribution in [-0.2, 0) is 16.6 Å². The molecule has 0 amide bonds. The Morgan fingerprint density at radius 1 is 1.25 bits per heavy atom. The van der Waals surface area contributed by atoms with Gasteiger partial charge in [-0.15, -0.1) is 0 Å². The number of fused-ring (bicyclic) bond motifs is 1. The number of carbonyl (C=O) groups is 1. The van der Waals surface area contributed by atoms with Crippen LogP contribution in [0.1, 0.15) is 30.1 Å². The topological polar surface area (TPSA) is 57.0 Å². The number of esters is 1. The highest BCUT2D eigenvalue weighted by molar-refractivity contribution is 5.87. The fourth-order valence-electron chi connectivity index (χ4n) is 2.54. The van der Waals surface area contributed by atoms with Crippen molar-refractivity contribution in [3.63, 3.8) is 0 Å². The second-order valence-electron chi connectivity index (χ2n) is 5.66. The van der Waals surface area contributed by atoms with E-state index in [-0.39, 0.29) is 0 Å². The van der Waals surface area contributed by atoms with Crippen molar-refractivity contribution in [1.29, 1.82) is 0 Å². The summed E-state index contributed by atoms with van der Waals surface area (Å²) >= 11 is 0. The molecule has 0 aliphatic rings. The standard InChI is InChI=1S/C19H19N3O2/c1-13-8-9-15(12-20-13)10-11-18(23)24-14(2)19-21-16-6-4-5-7-17(16)22(19)3/h4-12,14H,1-3H3. The van der Waals surface area contributed by atoms with Gasteiger partial charge in [0.05, 0.1) is 11.0 Å². The van der Waals surface area contributed by atoms with Crippen LogP contribution in [0.2, 0.25) is 0 Å². The number of pyridine rings is 1. The zero-order chi connectivity index (χ0) is 17.1. The number of aromatic nitrogens is 3. The summed E-state index contributed by atoms with van der Waals surface area (Å²) in [6.07, 6.45) is 4.38. The Kier molecular flexibility index (Phi) is 4.42. The summed E-state index contributed by atoms with van der Waals surface area (Å²) in [5, 5.41) is 0. The molecule has 0 fully saturated rings. The van der Waals surface area contributed by atoms with Crippen molar-refractivity contribution in [2.75, 3.05) is 0 Å². The summed E-state index contributed by atoms with van der Waals surface area (Å²) < 4.78 is 7.41. The second-order valence-corrected chi connectivity index (χ2v) is 5.66. The Morgan fingerprint density at radius 2 is 2.04 bits per heavy atom. The highest BCUT2D eigenvalue weighted by atomic mass is 16.5. The molecule has 0 N–H and O–H groups in total. The van der Waals surface area contributed by atoms with Crippen molar-refractivity contribution < 1.29 is 9.53 Å². The molecule has 1 atom stereocenters. The molecule has 0 aliphatic heterocycles. The summed E-state index contributed by atoms with van der Waals surface area (Å²) in [7, 11) is 1.92. The summed E-state index contributed by atoms with van der Waals surface area (Å²) in [6, 6.07) is 11.6. The molecule has 3 rings (SSSR count). The average molecular weight is 321 g/mol. The summed E-state index contributed by atoms with van der Waals surface area (Å²) in [6.45, 7) is 3.74. The van der Waals surface area contributed by atoms with E-state index in [1.54, 1.807) is 12.3 Å². The fourth-order valence-corrected chi connectivity index (χ4v) is 2.54. The first-order valence-electron chi connectivity index (χ1n) is 7.77. The normalized spacial score (nSPS) is 12.6. The molecule has 0 aliphatic carbocycles. The predicted molar refractivity (Wildman–Crippen MR) is 93.2 cm³/mol. The van der Waals surface area contributed by atoms with E-state index in [1.807, 2.05) is 61.9 Å². The number of aryl methyl sites for hydroxylation is 2. The molecule has 0 radical (unpaired) electrons. The maximum absolute atomic E-state index is 12.0. The van der Waals surface area contributed by atoms with E-state index in [9.17, 15) is 4.79 Å². The first kappa shape index (κ1) is 15.9. The first-order chi connectivity index (χ1) is 11.5. The van der Waals surface area contributed by atoms with E-state index in [0.717, 1.165) is 28.1 Å². The summed E-state index contributed by atoms with van der Waals surface area (Å²) in [5.74, 6) is 0.310. The Labute approximate surface area is 140 Å². The molecule has 1 aromatic carbocycles. The highest BCUT2D eigenvalue weighted by Gasteiger charge is 2.17. The third-order valence-electron chi connectivity index (χ3n) is 3.82. The van der Waals surface area contributed by atoms with Gasteiger partial charge in [-0.1, -0.05) is 18.2 Å². The number of nitrogens with zero attached hydrogens (tertiary/aromatic N) is 3. The van der Waals surface area contributed by atoms with E-state index in [0.29, 0.717) is 0 Å². The molecule has 24 heavy (non-hydrogen) atoms. The van der Waals surface area contributed by atoms with Gasteiger partial charge in [0, 0.05) is 25.0 Å². The SMILES string of the molecule is Cc1ccc(C=CC(=O)OC(C)c2nc3ccccc3n2C)cn1. The number of hydrogen-bond acceptors (Lipinski definition) is 4. The molecular formula is C19H19N3O2. The molecular weight excluding hydrogens is 302 g/mol. The lowest BCUT2D eigenvalue weighted by Gasteiger charge is -2.11. The van der Waals surface area contributed by atoms with Crippen LogP contribution in [0, 0.1) is 6.92 Å². The van der Waals surface area contributed by atoms with Gasteiger partial charge in [-0.25, -0.2) is 9.78 Å². The maximum atomic E-state index is 12.0. The van der Waals surface area contributed by atoms with Crippen LogP contribution in [0.5, 0.6) is 0 Å². The number of para-hydroxylation sites is 2. The zero-order valence-electron chi connectivity index (χ0n) is 13.9. The van der Waals surface area contributed by atoms with E-state index in [1.165, 1.54) is 6.08 Å². The Hall–Kier alpha value is -2.95. The molecule has 0 saturated carbocycles. The van der Waals surface area contributed by atoms with Crippen molar-refractivity contribution in [3.05, 3.63) is 65.8 Å². The zero-order valence-corrected chi connectivity index (χ0v) is 13.9. The highest BCUT2D eigenvalue weighted by Crippen LogP contribution is 2.21. The van der Waals surface area contributed by atoms with Crippen LogP contribution in [0.15, 0.2) is 48.7 Å². The van der Waals surface area contributed by atoms with Gasteiger partial charge < -0.3 is 9.30 Å². The Morgan fingerprint density at radius 3 is 2.75 bits per heavy atom. The van der Waals surface area contributed by atoms with Crippen molar-refractivity contribution in [1.82, 2.24) is 14.5 Å². The van der Waals surface area contributed by atoms with Gasteiger partial charge >= 0.3 is 5.97 Å². The van der Waals surface area contributed by atoms with Crippen molar-refractivity contribution in [2.24, 2.45) is 7.05 Å². The molecule has 3 aromatic rings. The van der Waals surface area contributed by atoms with Crippen LogP contribution in [0.3, 0.4) is 0 Å². The minimum Gasteiger partial charge on any atom is -0.451 e. The Bertz CT molecular complexity index is 895. The van der Waals surface area contributed by atoms with Crippen LogP contribution in [-0.4, -0.2) is 20.5 Å². The quantitative estimate of drug-likeness (QED) is 0.544. The lowest BCUT2D eigenvalue weighted by molar-refractivity contribution is -0.142. The van der Waals surface area contributed by atoms with Crippen LogP contribution >= 0.6 is 0 Å². The number of benzene rings is 1. The number of rotatable bonds is 4. The maximum Gasteiger partial charge on any atom is 0.331 e. The second kappa shape index (κ2) is 6.66. The number of imidazole rings is 1. The lowest BCUT2D eigenvalue weighted by Crippen LogP contribution is -2.10. The number of carbonyl (C=O) groups excluding carboxylic acids is 1. The first-order valence-corrected chi connectivity index (χ1v) is 7.77. The summed E-state index contributed by atoms with van der Waals surface area (Å²) in [4.78, 5) is 20.8. The summed E-state index contributed by atoms with van der Waals surface area (Å²) in [5.41, 5.74) is 3.69. The predicted octanol–water partition coefficient (Wildman–Crippen LogP) is 3.59. The third-order valence-corrected chi connectivity index (χ3v) is 3.82.